The van der Waals surface area contributed by atoms with E-state index in [1.807, 2.05) is 6.07 Å². The largest absolute Gasteiger partial charge is 0.298 e. The summed E-state index contributed by atoms with van der Waals surface area (Å²) in [6.07, 6.45) is 3.64. The lowest BCUT2D eigenvalue weighted by atomic mass is 10.4. The number of hydrogen-bond acceptors (Lipinski definition) is 3. The molecular weight excluding hydrogens is 130 g/mol. The topological polar surface area (TPSA) is 58.7 Å². The van der Waals surface area contributed by atoms with Gasteiger partial charge in [0, 0.05) is 6.20 Å². The maximum atomic E-state index is 10.1. The second-order valence-corrected chi connectivity index (χ2v) is 1.75. The Kier molecular flexibility index (Phi) is 1.80. The monoisotopic (exact) mass is 135 g/mol. The molecule has 0 N–H and O–H groups in total. The lowest BCUT2D eigenvalue weighted by molar-refractivity contribution is 0.112. The Bertz CT molecular complexity index is 271. The summed E-state index contributed by atoms with van der Waals surface area (Å²) in [6, 6.07) is 1.91. The third-order valence-corrected chi connectivity index (χ3v) is 1.02. The van der Waals surface area contributed by atoms with Crippen molar-refractivity contribution in [2.24, 2.45) is 0 Å². The van der Waals surface area contributed by atoms with Crippen LogP contribution in [-0.2, 0) is 6.54 Å². The second kappa shape index (κ2) is 2.78. The first-order valence-electron chi connectivity index (χ1n) is 2.71. The van der Waals surface area contributed by atoms with Crippen LogP contribution in [0.4, 0.5) is 0 Å². The maximum Gasteiger partial charge on any atom is 0.153 e. The first kappa shape index (κ1) is 6.49. The molecule has 0 unspecified atom stereocenters. The summed E-state index contributed by atoms with van der Waals surface area (Å²) >= 11 is 0. The van der Waals surface area contributed by atoms with Crippen LogP contribution in [-0.4, -0.2) is 16.1 Å². The van der Waals surface area contributed by atoms with Crippen molar-refractivity contribution >= 4 is 6.29 Å². The zero-order valence-corrected chi connectivity index (χ0v) is 5.19. The van der Waals surface area contributed by atoms with Crippen LogP contribution in [0.2, 0.25) is 0 Å². The van der Waals surface area contributed by atoms with Gasteiger partial charge in [-0.2, -0.15) is 10.4 Å². The van der Waals surface area contributed by atoms with Gasteiger partial charge >= 0.3 is 0 Å². The van der Waals surface area contributed by atoms with Crippen molar-refractivity contribution in [2.75, 3.05) is 0 Å². The molecule has 0 saturated heterocycles. The number of nitrogens with zero attached hydrogens (tertiary/aromatic N) is 3. The van der Waals surface area contributed by atoms with Crippen LogP contribution in [0.3, 0.4) is 0 Å². The van der Waals surface area contributed by atoms with E-state index in [0.29, 0.717) is 11.8 Å². The highest BCUT2D eigenvalue weighted by atomic mass is 16.1. The van der Waals surface area contributed by atoms with E-state index in [2.05, 4.69) is 5.10 Å². The average Bonchev–Trinajstić information content (AvgIpc) is 2.37. The highest BCUT2D eigenvalue weighted by Gasteiger charge is 1.93. The van der Waals surface area contributed by atoms with Gasteiger partial charge in [-0.05, 0) is 0 Å². The summed E-state index contributed by atoms with van der Waals surface area (Å²) in [5.74, 6) is 0. The molecule has 0 amide bonds. The maximum absolute atomic E-state index is 10.1. The van der Waals surface area contributed by atoms with Gasteiger partial charge in [-0.15, -0.1) is 0 Å². The van der Waals surface area contributed by atoms with Crippen LogP contribution in [0.15, 0.2) is 12.4 Å². The van der Waals surface area contributed by atoms with E-state index in [9.17, 15) is 4.79 Å². The van der Waals surface area contributed by atoms with Crippen molar-refractivity contribution in [3.8, 4) is 6.07 Å². The van der Waals surface area contributed by atoms with Crippen molar-refractivity contribution in [3.63, 3.8) is 0 Å². The van der Waals surface area contributed by atoms with Gasteiger partial charge < -0.3 is 0 Å². The first-order chi connectivity index (χ1) is 4.86. The quantitative estimate of drug-likeness (QED) is 0.545. The van der Waals surface area contributed by atoms with E-state index < -0.39 is 0 Å². The Balaban J connectivity index is 2.80. The lowest BCUT2D eigenvalue weighted by Gasteiger charge is -1.86. The number of rotatable bonds is 2. The van der Waals surface area contributed by atoms with Crippen molar-refractivity contribution in [2.45, 2.75) is 6.54 Å². The highest BCUT2D eigenvalue weighted by Crippen LogP contribution is 1.91. The van der Waals surface area contributed by atoms with Crippen LogP contribution < -0.4 is 0 Å². The summed E-state index contributed by atoms with van der Waals surface area (Å²) in [4.78, 5) is 10.1. The fraction of sp³-hybridized carbons (Fsp3) is 0.167. The molecule has 0 aliphatic carbocycles. The second-order valence-electron chi connectivity index (χ2n) is 1.75. The van der Waals surface area contributed by atoms with Crippen LogP contribution >= 0.6 is 0 Å². The van der Waals surface area contributed by atoms with Gasteiger partial charge in [-0.1, -0.05) is 0 Å². The van der Waals surface area contributed by atoms with E-state index >= 15 is 0 Å². The molecule has 1 aromatic heterocycles. The smallest absolute Gasteiger partial charge is 0.153 e. The van der Waals surface area contributed by atoms with Gasteiger partial charge in [0.15, 0.2) is 6.29 Å². The van der Waals surface area contributed by atoms with Crippen LogP contribution in [0, 0.1) is 11.3 Å². The molecular formula is C6H5N3O. The van der Waals surface area contributed by atoms with Gasteiger partial charge in [0.05, 0.1) is 17.8 Å². The summed E-state index contributed by atoms with van der Waals surface area (Å²) in [5.41, 5.74) is 0.496. The fourth-order valence-electron chi connectivity index (χ4n) is 0.599. The molecule has 0 aliphatic rings. The third-order valence-electron chi connectivity index (χ3n) is 1.02. The van der Waals surface area contributed by atoms with Crippen molar-refractivity contribution < 1.29 is 4.79 Å². The summed E-state index contributed by atoms with van der Waals surface area (Å²) in [7, 11) is 0. The van der Waals surface area contributed by atoms with Gasteiger partial charge in [0.1, 0.15) is 6.54 Å². The Morgan fingerprint density at radius 1 is 1.90 bits per heavy atom. The van der Waals surface area contributed by atoms with Crippen LogP contribution in [0.25, 0.3) is 0 Å². The molecule has 1 aromatic rings. The zero-order chi connectivity index (χ0) is 7.40. The minimum atomic E-state index is 0.188. The van der Waals surface area contributed by atoms with E-state index in [1.165, 1.54) is 17.1 Å². The summed E-state index contributed by atoms with van der Waals surface area (Å²) in [5, 5.41) is 11.9. The number of hydrogen-bond donors (Lipinski definition) is 0. The predicted molar refractivity (Wildman–Crippen MR) is 33.2 cm³/mol. The Morgan fingerprint density at radius 2 is 2.70 bits per heavy atom. The number of carbonyl (C=O) groups is 1. The molecule has 0 atom stereocenters. The van der Waals surface area contributed by atoms with Gasteiger partial charge in [0.2, 0.25) is 0 Å². The molecule has 50 valence electrons. The molecule has 0 aromatic carbocycles. The fourth-order valence-corrected chi connectivity index (χ4v) is 0.599. The molecule has 0 saturated carbocycles. The van der Waals surface area contributed by atoms with Crippen molar-refractivity contribution in [1.29, 1.82) is 5.26 Å². The normalized spacial score (nSPS) is 8.70. The summed E-state index contributed by atoms with van der Waals surface area (Å²) in [6.45, 7) is 0.188. The van der Waals surface area contributed by atoms with Gasteiger partial charge in [0.25, 0.3) is 0 Å². The average molecular weight is 135 g/mol. The van der Waals surface area contributed by atoms with Crippen molar-refractivity contribution in [3.05, 3.63) is 18.0 Å². The number of aldehydes is 1. The lowest BCUT2D eigenvalue weighted by Crippen LogP contribution is -1.94. The molecule has 10 heavy (non-hydrogen) atoms. The van der Waals surface area contributed by atoms with E-state index in [4.69, 9.17) is 5.26 Å². The molecule has 0 fully saturated rings. The zero-order valence-electron chi connectivity index (χ0n) is 5.19. The highest BCUT2D eigenvalue weighted by molar-refractivity contribution is 5.73. The molecule has 0 bridgehead atoms. The number of nitriles is 1. The number of carbonyl (C=O) groups excluding carboxylic acids is 1. The molecule has 0 spiro atoms. The Labute approximate surface area is 57.7 Å². The standard InChI is InChI=1S/C6H5N3O/c7-1-2-9-4-6(5-10)3-8-9/h3-5H,2H2. The Hall–Kier alpha value is -1.63. The Morgan fingerprint density at radius 3 is 3.20 bits per heavy atom. The SMILES string of the molecule is N#CCn1cc(C=O)cn1. The van der Waals surface area contributed by atoms with E-state index in [1.54, 1.807) is 0 Å². The third kappa shape index (κ3) is 1.20. The van der Waals surface area contributed by atoms with Gasteiger partial charge in [-0.3, -0.25) is 9.48 Å². The van der Waals surface area contributed by atoms with Gasteiger partial charge in [-0.25, -0.2) is 0 Å². The predicted octanol–water partition coefficient (Wildman–Crippen LogP) is 0.219. The number of aromatic nitrogens is 2. The minimum Gasteiger partial charge on any atom is -0.298 e. The van der Waals surface area contributed by atoms with Crippen LogP contribution in [0.5, 0.6) is 0 Å². The van der Waals surface area contributed by atoms with E-state index in [-0.39, 0.29) is 6.54 Å². The molecule has 4 nitrogen and oxygen atoms in total. The summed E-state index contributed by atoms with van der Waals surface area (Å²) < 4.78 is 1.41. The van der Waals surface area contributed by atoms with E-state index in [0.717, 1.165) is 0 Å². The molecule has 1 heterocycles. The first-order valence-corrected chi connectivity index (χ1v) is 2.71. The minimum absolute atomic E-state index is 0.188. The van der Waals surface area contributed by atoms with Crippen LogP contribution in [0.1, 0.15) is 10.4 Å². The van der Waals surface area contributed by atoms with Crippen molar-refractivity contribution in [1.82, 2.24) is 9.78 Å². The molecule has 4 heteroatoms. The molecule has 0 radical (unpaired) electrons. The molecule has 0 aliphatic heterocycles. The molecule has 1 rings (SSSR count).